The molecule has 1 aliphatic heterocycles. The lowest BCUT2D eigenvalue weighted by atomic mass is 9.90. The molecule has 1 saturated heterocycles. The summed E-state index contributed by atoms with van der Waals surface area (Å²) in [6.07, 6.45) is 0.517. The fourth-order valence-corrected chi connectivity index (χ4v) is 1.38. The molecule has 2 nitrogen and oxygen atoms in total. The van der Waals surface area contributed by atoms with Crippen molar-refractivity contribution >= 4 is 0 Å². The summed E-state index contributed by atoms with van der Waals surface area (Å²) in [5, 5.41) is 7.00. The third kappa shape index (κ3) is 4.63. The van der Waals surface area contributed by atoms with Crippen molar-refractivity contribution in [3.63, 3.8) is 0 Å². The zero-order valence-corrected chi connectivity index (χ0v) is 10.1. The number of hydrogen-bond acceptors (Lipinski definition) is 2. The fourth-order valence-electron chi connectivity index (χ4n) is 1.38. The van der Waals surface area contributed by atoms with Gasteiger partial charge in [-0.15, -0.1) is 0 Å². The number of nitrogens with one attached hydrogen (secondary N) is 2. The molecule has 1 fully saturated rings. The van der Waals surface area contributed by atoms with E-state index in [1.807, 2.05) is 13.8 Å². The number of hydrogen-bond donors (Lipinski definition) is 2. The minimum Gasteiger partial charge on any atom is -0.301 e. The Balaban J connectivity index is 0.000000671. The van der Waals surface area contributed by atoms with E-state index in [1.165, 1.54) is 0 Å². The fraction of sp³-hybridized carbons (Fsp3) is 1.00. The molecule has 0 aromatic heterocycles. The van der Waals surface area contributed by atoms with Crippen molar-refractivity contribution in [1.82, 2.24) is 10.6 Å². The standard InChI is InChI=1S/C9H20N2.C2H6/c1-7(2)8-10-5-9(3,4)6-11-8;1-2/h7-8,10-11H,5-6H2,1-4H3;1-2H3. The quantitative estimate of drug-likeness (QED) is 0.656. The Labute approximate surface area is 83.5 Å². The normalized spacial score (nSPS) is 22.4. The minimum atomic E-state index is 0.422. The Bertz CT molecular complexity index is 120. The molecule has 80 valence electrons. The average molecular weight is 186 g/mol. The molecule has 0 radical (unpaired) electrons. The highest BCUT2D eigenvalue weighted by Crippen LogP contribution is 2.17. The van der Waals surface area contributed by atoms with E-state index in [2.05, 4.69) is 38.3 Å². The van der Waals surface area contributed by atoms with E-state index in [4.69, 9.17) is 0 Å². The van der Waals surface area contributed by atoms with Crippen LogP contribution in [0, 0.1) is 11.3 Å². The maximum absolute atomic E-state index is 3.50. The van der Waals surface area contributed by atoms with Crippen LogP contribution < -0.4 is 10.6 Å². The largest absolute Gasteiger partial charge is 0.301 e. The molecule has 0 aliphatic carbocycles. The second-order valence-electron chi connectivity index (χ2n) is 4.65. The van der Waals surface area contributed by atoms with Crippen molar-refractivity contribution in [3.05, 3.63) is 0 Å². The molecule has 0 unspecified atom stereocenters. The van der Waals surface area contributed by atoms with Gasteiger partial charge in [0.15, 0.2) is 0 Å². The summed E-state index contributed by atoms with van der Waals surface area (Å²) in [6, 6.07) is 0. The van der Waals surface area contributed by atoms with Gasteiger partial charge in [0, 0.05) is 13.1 Å². The monoisotopic (exact) mass is 186 g/mol. The summed E-state index contributed by atoms with van der Waals surface area (Å²) in [6.45, 7) is 15.3. The van der Waals surface area contributed by atoms with Gasteiger partial charge in [0.05, 0.1) is 6.17 Å². The molecule has 0 bridgehead atoms. The van der Waals surface area contributed by atoms with Gasteiger partial charge in [0.25, 0.3) is 0 Å². The second-order valence-corrected chi connectivity index (χ2v) is 4.65. The molecule has 0 amide bonds. The SMILES string of the molecule is CC.CC(C)C1NCC(C)(C)CN1. The van der Waals surface area contributed by atoms with Gasteiger partial charge in [-0.25, -0.2) is 0 Å². The Morgan fingerprint density at radius 1 is 1.08 bits per heavy atom. The van der Waals surface area contributed by atoms with Crippen LogP contribution in [0.1, 0.15) is 41.5 Å². The molecule has 2 heteroatoms. The van der Waals surface area contributed by atoms with E-state index >= 15 is 0 Å². The molecule has 1 aliphatic rings. The van der Waals surface area contributed by atoms with Crippen molar-refractivity contribution in [2.75, 3.05) is 13.1 Å². The van der Waals surface area contributed by atoms with Gasteiger partial charge in [0.1, 0.15) is 0 Å². The van der Waals surface area contributed by atoms with Crippen molar-refractivity contribution in [3.8, 4) is 0 Å². The Kier molecular flexibility index (Phi) is 5.57. The van der Waals surface area contributed by atoms with Gasteiger partial charge in [0.2, 0.25) is 0 Å². The van der Waals surface area contributed by atoms with Crippen LogP contribution in [0.4, 0.5) is 0 Å². The Hall–Kier alpha value is -0.0800. The van der Waals surface area contributed by atoms with Crippen LogP contribution >= 0.6 is 0 Å². The smallest absolute Gasteiger partial charge is 0.0595 e. The molecule has 0 spiro atoms. The lowest BCUT2D eigenvalue weighted by molar-refractivity contribution is 0.187. The van der Waals surface area contributed by atoms with E-state index in [9.17, 15) is 0 Å². The van der Waals surface area contributed by atoms with Crippen LogP contribution in [0.5, 0.6) is 0 Å². The van der Waals surface area contributed by atoms with Crippen molar-refractivity contribution in [2.45, 2.75) is 47.7 Å². The first-order valence-electron chi connectivity index (χ1n) is 5.48. The van der Waals surface area contributed by atoms with Gasteiger partial charge < -0.3 is 10.6 Å². The lowest BCUT2D eigenvalue weighted by Gasteiger charge is -2.38. The van der Waals surface area contributed by atoms with Crippen LogP contribution in [0.2, 0.25) is 0 Å². The molecular weight excluding hydrogens is 160 g/mol. The van der Waals surface area contributed by atoms with Gasteiger partial charge in [-0.3, -0.25) is 0 Å². The molecule has 0 aromatic carbocycles. The molecule has 0 atom stereocenters. The summed E-state index contributed by atoms with van der Waals surface area (Å²) < 4.78 is 0. The first-order chi connectivity index (χ1) is 6.01. The van der Waals surface area contributed by atoms with E-state index < -0.39 is 0 Å². The predicted molar refractivity (Wildman–Crippen MR) is 59.8 cm³/mol. The highest BCUT2D eigenvalue weighted by molar-refractivity contribution is 4.84. The summed E-state index contributed by atoms with van der Waals surface area (Å²) in [4.78, 5) is 0. The van der Waals surface area contributed by atoms with Gasteiger partial charge >= 0.3 is 0 Å². The van der Waals surface area contributed by atoms with Gasteiger partial charge in [-0.2, -0.15) is 0 Å². The van der Waals surface area contributed by atoms with Gasteiger partial charge in [-0.05, 0) is 11.3 Å². The lowest BCUT2D eigenvalue weighted by Crippen LogP contribution is -2.58. The third-order valence-electron chi connectivity index (χ3n) is 2.27. The van der Waals surface area contributed by atoms with Crippen LogP contribution in [-0.4, -0.2) is 19.3 Å². The average Bonchev–Trinajstić information content (AvgIpc) is 2.07. The summed E-state index contributed by atoms with van der Waals surface area (Å²) >= 11 is 0. The van der Waals surface area contributed by atoms with Crippen LogP contribution in [0.3, 0.4) is 0 Å². The number of rotatable bonds is 1. The van der Waals surface area contributed by atoms with E-state index in [1.54, 1.807) is 0 Å². The van der Waals surface area contributed by atoms with Crippen molar-refractivity contribution < 1.29 is 0 Å². The first-order valence-corrected chi connectivity index (χ1v) is 5.48. The zero-order valence-electron chi connectivity index (χ0n) is 10.1. The molecule has 1 rings (SSSR count). The Morgan fingerprint density at radius 3 is 1.77 bits per heavy atom. The second kappa shape index (κ2) is 5.61. The molecule has 0 saturated carbocycles. The van der Waals surface area contributed by atoms with Crippen molar-refractivity contribution in [1.29, 1.82) is 0 Å². The molecule has 0 aromatic rings. The van der Waals surface area contributed by atoms with Crippen LogP contribution in [0.25, 0.3) is 0 Å². The van der Waals surface area contributed by atoms with Crippen LogP contribution in [0.15, 0.2) is 0 Å². The molecule has 1 heterocycles. The molecule has 13 heavy (non-hydrogen) atoms. The maximum Gasteiger partial charge on any atom is 0.0595 e. The van der Waals surface area contributed by atoms with E-state index in [-0.39, 0.29) is 0 Å². The molecular formula is C11H26N2. The summed E-state index contributed by atoms with van der Waals surface area (Å²) in [5.41, 5.74) is 0.422. The topological polar surface area (TPSA) is 24.1 Å². The van der Waals surface area contributed by atoms with Crippen molar-refractivity contribution in [2.24, 2.45) is 11.3 Å². The summed E-state index contributed by atoms with van der Waals surface area (Å²) in [5.74, 6) is 0.686. The Morgan fingerprint density at radius 2 is 1.46 bits per heavy atom. The highest BCUT2D eigenvalue weighted by Gasteiger charge is 2.26. The first kappa shape index (κ1) is 12.9. The maximum atomic E-state index is 3.50. The van der Waals surface area contributed by atoms with E-state index in [0.717, 1.165) is 13.1 Å². The summed E-state index contributed by atoms with van der Waals surface area (Å²) in [7, 11) is 0. The van der Waals surface area contributed by atoms with Crippen LogP contribution in [-0.2, 0) is 0 Å². The highest BCUT2D eigenvalue weighted by atomic mass is 15.2. The zero-order chi connectivity index (χ0) is 10.5. The van der Waals surface area contributed by atoms with E-state index in [0.29, 0.717) is 17.5 Å². The third-order valence-corrected chi connectivity index (χ3v) is 2.27. The molecule has 2 N–H and O–H groups in total. The van der Waals surface area contributed by atoms with Gasteiger partial charge in [-0.1, -0.05) is 41.5 Å². The predicted octanol–water partition coefficient (Wildman–Crippen LogP) is 2.21. The minimum absolute atomic E-state index is 0.422.